The highest BCUT2D eigenvalue weighted by molar-refractivity contribution is 5.80. The fourth-order valence-electron chi connectivity index (χ4n) is 2.63. The molecule has 0 radical (unpaired) electrons. The maximum Gasteiger partial charge on any atom is 0.307 e. The van der Waals surface area contributed by atoms with Gasteiger partial charge in [-0.05, 0) is 18.1 Å². The molecule has 4 nitrogen and oxygen atoms in total. The van der Waals surface area contributed by atoms with Gasteiger partial charge in [-0.2, -0.15) is 0 Å². The Morgan fingerprint density at radius 3 is 2.17 bits per heavy atom. The van der Waals surface area contributed by atoms with Crippen molar-refractivity contribution in [2.45, 2.75) is 25.8 Å². The highest BCUT2D eigenvalue weighted by Crippen LogP contribution is 2.21. The summed E-state index contributed by atoms with van der Waals surface area (Å²) in [6, 6.07) is 19.4. The lowest BCUT2D eigenvalue weighted by atomic mass is 10.0. The molecule has 0 aliphatic heterocycles. The summed E-state index contributed by atoms with van der Waals surface area (Å²) in [5.74, 6) is -0.311. The summed E-state index contributed by atoms with van der Waals surface area (Å²) in [7, 11) is 1.36. The minimum Gasteiger partial charge on any atom is -0.469 e. The molecule has 0 saturated heterocycles. The van der Waals surface area contributed by atoms with Crippen LogP contribution >= 0.6 is 0 Å². The van der Waals surface area contributed by atoms with Crippen LogP contribution in [0.2, 0.25) is 0 Å². The van der Waals surface area contributed by atoms with E-state index in [2.05, 4.69) is 0 Å². The van der Waals surface area contributed by atoms with E-state index >= 15 is 0 Å². The molecule has 0 aliphatic rings. The smallest absolute Gasteiger partial charge is 0.307 e. The van der Waals surface area contributed by atoms with Gasteiger partial charge in [-0.3, -0.25) is 9.59 Å². The van der Waals surface area contributed by atoms with Gasteiger partial charge in [0.05, 0.1) is 26.0 Å². The quantitative estimate of drug-likeness (QED) is 0.733. The molecule has 0 N–H and O–H groups in total. The standard InChI is InChI=1S/C20H23NO3/c1-16(18-11-7-4-8-12-18)21(14-13-20(23)24-2)19(22)15-17-9-5-3-6-10-17/h3-12,16H,13-15H2,1-2H3. The van der Waals surface area contributed by atoms with Crippen LogP contribution in [-0.4, -0.2) is 30.4 Å². The van der Waals surface area contributed by atoms with Crippen molar-refractivity contribution in [1.82, 2.24) is 4.90 Å². The van der Waals surface area contributed by atoms with E-state index < -0.39 is 0 Å². The van der Waals surface area contributed by atoms with Crippen LogP contribution in [0.1, 0.15) is 30.5 Å². The first-order valence-corrected chi connectivity index (χ1v) is 8.07. The second-order valence-corrected chi connectivity index (χ2v) is 5.66. The molecule has 2 aromatic rings. The SMILES string of the molecule is COC(=O)CCN(C(=O)Cc1ccccc1)C(C)c1ccccc1. The summed E-state index contributed by atoms with van der Waals surface area (Å²) in [6.07, 6.45) is 0.507. The molecule has 2 rings (SSSR count). The van der Waals surface area contributed by atoms with E-state index in [1.807, 2.05) is 67.6 Å². The molecule has 0 aromatic heterocycles. The zero-order valence-electron chi connectivity index (χ0n) is 14.1. The largest absolute Gasteiger partial charge is 0.469 e. The monoisotopic (exact) mass is 325 g/mol. The average molecular weight is 325 g/mol. The van der Waals surface area contributed by atoms with Gasteiger partial charge >= 0.3 is 5.97 Å². The van der Waals surface area contributed by atoms with Crippen molar-refractivity contribution >= 4 is 11.9 Å². The number of esters is 1. The Balaban J connectivity index is 2.15. The summed E-state index contributed by atoms with van der Waals surface area (Å²) in [5.41, 5.74) is 2.01. The molecule has 126 valence electrons. The van der Waals surface area contributed by atoms with Gasteiger partial charge in [-0.15, -0.1) is 0 Å². The second-order valence-electron chi connectivity index (χ2n) is 5.66. The van der Waals surface area contributed by atoms with Crippen LogP contribution < -0.4 is 0 Å². The van der Waals surface area contributed by atoms with E-state index in [-0.39, 0.29) is 24.3 Å². The number of benzene rings is 2. The van der Waals surface area contributed by atoms with Crippen LogP contribution in [0.5, 0.6) is 0 Å². The molecular weight excluding hydrogens is 302 g/mol. The fraction of sp³-hybridized carbons (Fsp3) is 0.300. The molecule has 0 heterocycles. The van der Waals surface area contributed by atoms with E-state index in [0.717, 1.165) is 11.1 Å². The van der Waals surface area contributed by atoms with Crippen LogP contribution in [-0.2, 0) is 20.7 Å². The van der Waals surface area contributed by atoms with Crippen LogP contribution in [0.3, 0.4) is 0 Å². The number of carbonyl (C=O) groups is 2. The highest BCUT2D eigenvalue weighted by atomic mass is 16.5. The third-order valence-electron chi connectivity index (χ3n) is 4.05. The summed E-state index contributed by atoms with van der Waals surface area (Å²) >= 11 is 0. The van der Waals surface area contributed by atoms with Crippen LogP contribution in [0, 0.1) is 0 Å². The van der Waals surface area contributed by atoms with Gasteiger partial charge in [0.1, 0.15) is 0 Å². The Hall–Kier alpha value is -2.62. The third kappa shape index (κ3) is 4.95. The number of rotatable bonds is 7. The first-order chi connectivity index (χ1) is 11.6. The van der Waals surface area contributed by atoms with Crippen molar-refractivity contribution in [3.63, 3.8) is 0 Å². The van der Waals surface area contributed by atoms with Crippen LogP contribution in [0.25, 0.3) is 0 Å². The lowest BCUT2D eigenvalue weighted by Crippen LogP contribution is -2.36. The van der Waals surface area contributed by atoms with Crippen molar-refractivity contribution in [2.24, 2.45) is 0 Å². The van der Waals surface area contributed by atoms with E-state index in [1.54, 1.807) is 4.90 Å². The number of nitrogens with zero attached hydrogens (tertiary/aromatic N) is 1. The van der Waals surface area contributed by atoms with Crippen LogP contribution in [0.4, 0.5) is 0 Å². The molecule has 0 bridgehead atoms. The first kappa shape index (κ1) is 17.7. The maximum atomic E-state index is 12.8. The second kappa shape index (κ2) is 8.87. The minimum atomic E-state index is -0.312. The molecule has 24 heavy (non-hydrogen) atoms. The molecule has 0 spiro atoms. The number of ether oxygens (including phenoxy) is 1. The lowest BCUT2D eigenvalue weighted by molar-refractivity contribution is -0.142. The molecule has 0 aliphatic carbocycles. The Morgan fingerprint density at radius 2 is 1.58 bits per heavy atom. The number of carbonyl (C=O) groups excluding carboxylic acids is 2. The van der Waals surface area contributed by atoms with Crippen molar-refractivity contribution in [1.29, 1.82) is 0 Å². The van der Waals surface area contributed by atoms with Crippen molar-refractivity contribution in [3.05, 3.63) is 71.8 Å². The molecule has 1 amide bonds. The van der Waals surface area contributed by atoms with Crippen molar-refractivity contribution in [3.8, 4) is 0 Å². The Morgan fingerprint density at radius 1 is 1.00 bits per heavy atom. The Bertz CT molecular complexity index is 655. The molecular formula is C20H23NO3. The molecule has 4 heteroatoms. The summed E-state index contributed by atoms with van der Waals surface area (Å²) in [5, 5.41) is 0. The first-order valence-electron chi connectivity index (χ1n) is 8.07. The molecule has 2 aromatic carbocycles. The number of amides is 1. The zero-order chi connectivity index (χ0) is 17.4. The average Bonchev–Trinajstić information content (AvgIpc) is 2.63. The van der Waals surface area contributed by atoms with E-state index in [4.69, 9.17) is 4.74 Å². The Labute approximate surface area is 143 Å². The van der Waals surface area contributed by atoms with Gasteiger partial charge < -0.3 is 9.64 Å². The predicted octanol–water partition coefficient (Wildman–Crippen LogP) is 3.38. The zero-order valence-corrected chi connectivity index (χ0v) is 14.1. The highest BCUT2D eigenvalue weighted by Gasteiger charge is 2.22. The molecule has 1 unspecified atom stereocenters. The van der Waals surface area contributed by atoms with Gasteiger partial charge in [-0.1, -0.05) is 60.7 Å². The summed E-state index contributed by atoms with van der Waals surface area (Å²) in [4.78, 5) is 26.0. The van der Waals surface area contributed by atoms with Gasteiger partial charge in [0, 0.05) is 6.54 Å². The molecule has 0 fully saturated rings. The topological polar surface area (TPSA) is 46.6 Å². The number of hydrogen-bond acceptors (Lipinski definition) is 3. The van der Waals surface area contributed by atoms with E-state index in [1.165, 1.54) is 7.11 Å². The van der Waals surface area contributed by atoms with Crippen molar-refractivity contribution in [2.75, 3.05) is 13.7 Å². The number of hydrogen-bond donors (Lipinski definition) is 0. The van der Waals surface area contributed by atoms with Crippen LogP contribution in [0.15, 0.2) is 60.7 Å². The van der Waals surface area contributed by atoms with E-state index in [9.17, 15) is 9.59 Å². The number of methoxy groups -OCH3 is 1. The van der Waals surface area contributed by atoms with Gasteiger partial charge in [0.2, 0.25) is 5.91 Å². The normalized spacial score (nSPS) is 11.6. The summed E-state index contributed by atoms with van der Waals surface area (Å²) in [6.45, 7) is 2.32. The molecule has 0 saturated carbocycles. The molecule has 1 atom stereocenters. The predicted molar refractivity (Wildman–Crippen MR) is 93.3 cm³/mol. The van der Waals surface area contributed by atoms with Crippen molar-refractivity contribution < 1.29 is 14.3 Å². The lowest BCUT2D eigenvalue weighted by Gasteiger charge is -2.29. The summed E-state index contributed by atoms with van der Waals surface area (Å²) < 4.78 is 4.71. The van der Waals surface area contributed by atoms with Gasteiger partial charge in [0.25, 0.3) is 0 Å². The third-order valence-corrected chi connectivity index (χ3v) is 4.05. The fourth-order valence-corrected chi connectivity index (χ4v) is 2.63. The van der Waals surface area contributed by atoms with E-state index in [0.29, 0.717) is 13.0 Å². The van der Waals surface area contributed by atoms with Gasteiger partial charge in [0.15, 0.2) is 0 Å². The minimum absolute atomic E-state index is 0.00135. The Kier molecular flexibility index (Phi) is 6.55. The maximum absolute atomic E-state index is 12.8. The van der Waals surface area contributed by atoms with Gasteiger partial charge in [-0.25, -0.2) is 0 Å².